The molecule has 1 atom stereocenters. The molecule has 2 rings (SSSR count). The number of carboxylic acid groups (broad SMARTS) is 1. The van der Waals surface area contributed by atoms with Crippen molar-refractivity contribution >= 4 is 12.0 Å². The van der Waals surface area contributed by atoms with E-state index in [-0.39, 0.29) is 6.03 Å². The largest absolute Gasteiger partial charge is 0.479 e. The van der Waals surface area contributed by atoms with Crippen LogP contribution in [0.1, 0.15) is 30.5 Å². The van der Waals surface area contributed by atoms with Gasteiger partial charge in [0, 0.05) is 13.1 Å². The van der Waals surface area contributed by atoms with E-state index in [1.54, 1.807) is 6.07 Å². The van der Waals surface area contributed by atoms with E-state index in [0.29, 0.717) is 25.1 Å². The third-order valence-electron chi connectivity index (χ3n) is 3.30. The van der Waals surface area contributed by atoms with Gasteiger partial charge in [-0.25, -0.2) is 9.59 Å². The third-order valence-corrected chi connectivity index (χ3v) is 3.30. The first-order valence-corrected chi connectivity index (χ1v) is 6.50. The maximum atomic E-state index is 12.0. The highest BCUT2D eigenvalue weighted by molar-refractivity contribution is 5.84. The fourth-order valence-electron chi connectivity index (χ4n) is 2.39. The Labute approximate surface area is 112 Å². The maximum Gasteiger partial charge on any atom is 0.331 e. The Morgan fingerprint density at radius 2 is 2.16 bits per heavy atom. The van der Waals surface area contributed by atoms with E-state index in [1.165, 1.54) is 4.90 Å². The van der Waals surface area contributed by atoms with Gasteiger partial charge in [0.05, 0.1) is 0 Å². The monoisotopic (exact) mass is 262 g/mol. The van der Waals surface area contributed by atoms with E-state index in [2.05, 4.69) is 5.32 Å². The second-order valence-electron chi connectivity index (χ2n) is 4.61. The standard InChI is InChI=1S/C14H18N2O3/c1-2-8-15-14(19)16-9-7-10-5-3-4-6-11(10)12(16)13(17)18/h3-6,12H,2,7-9H2,1H3,(H,15,19)(H,17,18). The van der Waals surface area contributed by atoms with Crippen LogP contribution in [-0.4, -0.2) is 35.1 Å². The molecule has 1 aliphatic heterocycles. The highest BCUT2D eigenvalue weighted by Crippen LogP contribution is 2.29. The summed E-state index contributed by atoms with van der Waals surface area (Å²) >= 11 is 0. The number of benzene rings is 1. The number of fused-ring (bicyclic) bond motifs is 1. The Morgan fingerprint density at radius 3 is 2.84 bits per heavy atom. The van der Waals surface area contributed by atoms with Gasteiger partial charge in [0.15, 0.2) is 6.04 Å². The van der Waals surface area contributed by atoms with Gasteiger partial charge in [-0.1, -0.05) is 31.2 Å². The molecule has 1 unspecified atom stereocenters. The van der Waals surface area contributed by atoms with E-state index in [9.17, 15) is 14.7 Å². The molecule has 2 amide bonds. The van der Waals surface area contributed by atoms with Crippen LogP contribution in [0.25, 0.3) is 0 Å². The summed E-state index contributed by atoms with van der Waals surface area (Å²) in [5.41, 5.74) is 1.72. The van der Waals surface area contributed by atoms with E-state index in [4.69, 9.17) is 0 Å². The minimum Gasteiger partial charge on any atom is -0.479 e. The number of urea groups is 1. The summed E-state index contributed by atoms with van der Waals surface area (Å²) in [6, 6.07) is 6.22. The summed E-state index contributed by atoms with van der Waals surface area (Å²) < 4.78 is 0. The molecule has 2 N–H and O–H groups in total. The molecule has 0 bridgehead atoms. The van der Waals surface area contributed by atoms with Gasteiger partial charge in [0.2, 0.25) is 0 Å². The molecule has 1 aromatic carbocycles. The van der Waals surface area contributed by atoms with Crippen LogP contribution in [0.2, 0.25) is 0 Å². The zero-order valence-electron chi connectivity index (χ0n) is 10.9. The number of amides is 2. The summed E-state index contributed by atoms with van der Waals surface area (Å²) in [5.74, 6) is -0.987. The molecule has 0 spiro atoms. The van der Waals surface area contributed by atoms with Gasteiger partial charge in [-0.05, 0) is 24.0 Å². The summed E-state index contributed by atoms with van der Waals surface area (Å²) in [6.45, 7) is 2.95. The molecule has 19 heavy (non-hydrogen) atoms. The van der Waals surface area contributed by atoms with Crippen LogP contribution in [-0.2, 0) is 11.2 Å². The lowest BCUT2D eigenvalue weighted by atomic mass is 9.93. The first-order valence-electron chi connectivity index (χ1n) is 6.50. The van der Waals surface area contributed by atoms with E-state index in [0.717, 1.165) is 12.0 Å². The lowest BCUT2D eigenvalue weighted by Gasteiger charge is -2.34. The zero-order chi connectivity index (χ0) is 13.8. The summed E-state index contributed by atoms with van der Waals surface area (Å²) in [4.78, 5) is 24.9. The third kappa shape index (κ3) is 2.70. The van der Waals surface area contributed by atoms with Crippen LogP contribution in [0.15, 0.2) is 24.3 Å². The molecule has 5 nitrogen and oxygen atoms in total. The van der Waals surface area contributed by atoms with E-state index >= 15 is 0 Å². The Morgan fingerprint density at radius 1 is 1.42 bits per heavy atom. The molecule has 1 aromatic rings. The Balaban J connectivity index is 2.27. The van der Waals surface area contributed by atoms with Crippen molar-refractivity contribution in [3.8, 4) is 0 Å². The molecule has 0 saturated carbocycles. The summed E-state index contributed by atoms with van der Waals surface area (Å²) in [6.07, 6.45) is 1.52. The van der Waals surface area contributed by atoms with Gasteiger partial charge in [-0.15, -0.1) is 0 Å². The van der Waals surface area contributed by atoms with Gasteiger partial charge in [0.1, 0.15) is 0 Å². The maximum absolute atomic E-state index is 12.0. The SMILES string of the molecule is CCCNC(=O)N1CCc2ccccc2C1C(=O)O. The molecule has 0 aromatic heterocycles. The number of hydrogen-bond donors (Lipinski definition) is 2. The van der Waals surface area contributed by atoms with E-state index in [1.807, 2.05) is 25.1 Å². The molecular formula is C14H18N2O3. The lowest BCUT2D eigenvalue weighted by molar-refractivity contribution is -0.142. The van der Waals surface area contributed by atoms with Gasteiger partial charge < -0.3 is 15.3 Å². The van der Waals surface area contributed by atoms with Gasteiger partial charge in [-0.3, -0.25) is 0 Å². The lowest BCUT2D eigenvalue weighted by Crippen LogP contribution is -2.48. The van der Waals surface area contributed by atoms with Crippen molar-refractivity contribution in [3.63, 3.8) is 0 Å². The number of aliphatic carboxylic acids is 1. The molecule has 5 heteroatoms. The average molecular weight is 262 g/mol. The van der Waals surface area contributed by atoms with Crippen LogP contribution in [0.5, 0.6) is 0 Å². The molecule has 0 radical (unpaired) electrons. The number of nitrogens with zero attached hydrogens (tertiary/aromatic N) is 1. The Hall–Kier alpha value is -2.04. The average Bonchev–Trinajstić information content (AvgIpc) is 2.43. The van der Waals surface area contributed by atoms with Crippen LogP contribution >= 0.6 is 0 Å². The summed E-state index contributed by atoms with van der Waals surface area (Å²) in [7, 11) is 0. The van der Waals surface area contributed by atoms with Gasteiger partial charge >= 0.3 is 12.0 Å². The predicted molar refractivity (Wildman–Crippen MR) is 70.9 cm³/mol. The van der Waals surface area contributed by atoms with Crippen molar-refractivity contribution in [2.75, 3.05) is 13.1 Å². The van der Waals surface area contributed by atoms with Crippen LogP contribution < -0.4 is 5.32 Å². The smallest absolute Gasteiger partial charge is 0.331 e. The number of carbonyl (C=O) groups is 2. The normalized spacial score (nSPS) is 17.7. The first-order chi connectivity index (χ1) is 9.15. The number of hydrogen-bond acceptors (Lipinski definition) is 2. The predicted octanol–water partition coefficient (Wildman–Crippen LogP) is 1.79. The Kier molecular flexibility index (Phi) is 4.04. The second kappa shape index (κ2) is 5.73. The molecule has 102 valence electrons. The number of rotatable bonds is 3. The zero-order valence-corrected chi connectivity index (χ0v) is 10.9. The van der Waals surface area contributed by atoms with Crippen LogP contribution in [0.4, 0.5) is 4.79 Å². The Bertz CT molecular complexity index is 487. The van der Waals surface area contributed by atoms with Crippen molar-refractivity contribution in [1.82, 2.24) is 10.2 Å². The van der Waals surface area contributed by atoms with Crippen LogP contribution in [0.3, 0.4) is 0 Å². The molecule has 0 fully saturated rings. The van der Waals surface area contributed by atoms with Crippen molar-refractivity contribution in [1.29, 1.82) is 0 Å². The van der Waals surface area contributed by atoms with Gasteiger partial charge in [0.25, 0.3) is 0 Å². The number of nitrogens with one attached hydrogen (secondary N) is 1. The summed E-state index contributed by atoms with van der Waals surface area (Å²) in [5, 5.41) is 12.1. The highest BCUT2D eigenvalue weighted by Gasteiger charge is 2.35. The first kappa shape index (κ1) is 13.4. The number of carboxylic acids is 1. The van der Waals surface area contributed by atoms with Crippen molar-refractivity contribution in [3.05, 3.63) is 35.4 Å². The van der Waals surface area contributed by atoms with Gasteiger partial charge in [-0.2, -0.15) is 0 Å². The molecule has 0 saturated heterocycles. The fourth-order valence-corrected chi connectivity index (χ4v) is 2.39. The molecule has 1 aliphatic rings. The highest BCUT2D eigenvalue weighted by atomic mass is 16.4. The topological polar surface area (TPSA) is 69.6 Å². The quantitative estimate of drug-likeness (QED) is 0.872. The molecule has 1 heterocycles. The van der Waals surface area contributed by atoms with Crippen molar-refractivity contribution in [2.24, 2.45) is 0 Å². The molecular weight excluding hydrogens is 244 g/mol. The number of carbonyl (C=O) groups excluding carboxylic acids is 1. The van der Waals surface area contributed by atoms with Crippen molar-refractivity contribution in [2.45, 2.75) is 25.8 Å². The fraction of sp³-hybridized carbons (Fsp3) is 0.429. The molecule has 0 aliphatic carbocycles. The minimum absolute atomic E-state index is 0.302. The van der Waals surface area contributed by atoms with Crippen molar-refractivity contribution < 1.29 is 14.7 Å². The minimum atomic E-state index is -0.987. The van der Waals surface area contributed by atoms with Crippen LogP contribution in [0, 0.1) is 0 Å². The second-order valence-corrected chi connectivity index (χ2v) is 4.61. The van der Waals surface area contributed by atoms with E-state index < -0.39 is 12.0 Å².